The first-order chi connectivity index (χ1) is 15.8. The number of carbonyl (C=O) groups is 1. The van der Waals surface area contributed by atoms with E-state index in [-0.39, 0.29) is 17.8 Å². The highest BCUT2D eigenvalue weighted by Gasteiger charge is 2.89. The van der Waals surface area contributed by atoms with Crippen LogP contribution in [-0.2, 0) is 9.53 Å². The first-order valence-corrected chi connectivity index (χ1v) is 11.5. The van der Waals surface area contributed by atoms with Crippen LogP contribution < -0.4 is 0 Å². The van der Waals surface area contributed by atoms with Crippen LogP contribution in [0.25, 0.3) is 0 Å². The molecule has 4 saturated carbocycles. The van der Waals surface area contributed by atoms with Gasteiger partial charge in [0.1, 0.15) is 0 Å². The van der Waals surface area contributed by atoms with E-state index in [0.29, 0.717) is 36.0 Å². The fourth-order valence-electron chi connectivity index (χ4n) is 7.81. The Balaban J connectivity index is 1.40. The molecule has 0 saturated heterocycles. The van der Waals surface area contributed by atoms with Gasteiger partial charge in [0, 0.05) is 0 Å². The van der Waals surface area contributed by atoms with Crippen molar-refractivity contribution in [2.24, 2.45) is 53.3 Å². The van der Waals surface area contributed by atoms with E-state index >= 15 is 0 Å². The molecule has 4 bridgehead atoms. The van der Waals surface area contributed by atoms with E-state index in [4.69, 9.17) is 0 Å². The molecule has 9 atom stereocenters. The Labute approximate surface area is 193 Å². The van der Waals surface area contributed by atoms with E-state index in [1.807, 2.05) is 0 Å². The first kappa shape index (κ1) is 26.8. The van der Waals surface area contributed by atoms with Gasteiger partial charge < -0.3 is 4.74 Å². The molecule has 0 aromatic heterocycles. The monoisotopic (exact) mass is 530 g/mol. The van der Waals surface area contributed by atoms with Gasteiger partial charge in [0.05, 0.1) is 18.9 Å². The molecule has 4 rings (SSSR count). The van der Waals surface area contributed by atoms with Crippen LogP contribution in [0.3, 0.4) is 0 Å². The van der Waals surface area contributed by atoms with Gasteiger partial charge in [-0.25, -0.2) is 4.39 Å². The molecule has 9 unspecified atom stereocenters. The summed E-state index contributed by atoms with van der Waals surface area (Å²) in [4.78, 5) is 12.5. The zero-order valence-corrected chi connectivity index (χ0v) is 18.7. The summed E-state index contributed by atoms with van der Waals surface area (Å²) < 4.78 is 149. The van der Waals surface area contributed by atoms with Crippen LogP contribution in [-0.4, -0.2) is 42.4 Å². The molecule has 4 aliphatic rings. The van der Waals surface area contributed by atoms with Crippen molar-refractivity contribution >= 4 is 5.97 Å². The lowest BCUT2D eigenvalue weighted by Gasteiger charge is -2.43. The number of alkyl halides is 11. The number of rotatable bonds is 6. The van der Waals surface area contributed by atoms with Crippen LogP contribution in [0.2, 0.25) is 0 Å². The molecule has 0 radical (unpaired) electrons. The van der Waals surface area contributed by atoms with Gasteiger partial charge in [0.15, 0.2) is 0 Å². The quantitative estimate of drug-likeness (QED) is 0.214. The zero-order chi connectivity index (χ0) is 26.5. The first-order valence-electron chi connectivity index (χ1n) is 11.5. The van der Waals surface area contributed by atoms with Crippen LogP contribution in [0.1, 0.15) is 39.5 Å². The van der Waals surface area contributed by atoms with Crippen LogP contribution in [0, 0.1) is 53.3 Å². The minimum absolute atomic E-state index is 0.0849. The van der Waals surface area contributed by atoms with Gasteiger partial charge in [0.25, 0.3) is 0 Å². The molecule has 13 heteroatoms. The Bertz CT molecular complexity index is 837. The third-order valence-electron chi connectivity index (χ3n) is 9.48. The van der Waals surface area contributed by atoms with Gasteiger partial charge in [-0.05, 0) is 66.6 Å². The normalized spacial score (nSPS) is 39.3. The second-order valence-electron chi connectivity index (χ2n) is 10.8. The highest BCUT2D eigenvalue weighted by molar-refractivity contribution is 5.73. The average molecular weight is 530 g/mol. The van der Waals surface area contributed by atoms with Crippen molar-refractivity contribution in [2.45, 2.75) is 69.4 Å². The molecule has 0 amide bonds. The van der Waals surface area contributed by atoms with Crippen LogP contribution >= 0.6 is 0 Å². The fourth-order valence-corrected chi connectivity index (χ4v) is 7.81. The highest BCUT2D eigenvalue weighted by atomic mass is 19.4. The standard InChI is InChI=1S/C22H25F11O2/c1-8-9(2)12-7-11(8)15-10-5-13(16(12)15)14(6-10)17(34)35-4-3-18(23,24)20(26,27)19(25,21(28,29)30)22(31,32)33/h8-16H,3-7H2,1-2H3. The Kier molecular flexibility index (Phi) is 6.00. The summed E-state index contributed by atoms with van der Waals surface area (Å²) in [5.74, 6) is -12.2. The van der Waals surface area contributed by atoms with Crippen molar-refractivity contribution in [1.29, 1.82) is 0 Å². The molecule has 0 aliphatic heterocycles. The predicted octanol–water partition coefficient (Wildman–Crippen LogP) is 6.83. The van der Waals surface area contributed by atoms with Gasteiger partial charge in [-0.15, -0.1) is 0 Å². The smallest absolute Gasteiger partial charge is 0.438 e. The summed E-state index contributed by atoms with van der Waals surface area (Å²) in [6, 6.07) is 0. The lowest BCUT2D eigenvalue weighted by Crippen LogP contribution is -2.70. The molecule has 0 spiro atoms. The van der Waals surface area contributed by atoms with E-state index in [2.05, 4.69) is 18.6 Å². The van der Waals surface area contributed by atoms with E-state index in [0.717, 1.165) is 12.8 Å². The molecule has 2 nitrogen and oxygen atoms in total. The number of ether oxygens (including phenoxy) is 1. The Hall–Kier alpha value is -1.30. The Morgan fingerprint density at radius 1 is 0.743 bits per heavy atom. The Morgan fingerprint density at radius 2 is 1.26 bits per heavy atom. The fraction of sp³-hybridized carbons (Fsp3) is 0.955. The van der Waals surface area contributed by atoms with Crippen molar-refractivity contribution in [2.75, 3.05) is 6.61 Å². The SMILES string of the molecule is CC1C(C)C2CC1C1C3CC(C(=O)OCCC(F)(F)C(F)(F)C(F)(C(F)(F)F)C(F)(F)F)C(C3)C21. The number of fused-ring (bicyclic) bond motifs is 9. The molecule has 4 fully saturated rings. The lowest BCUT2D eigenvalue weighted by atomic mass is 9.62. The topological polar surface area (TPSA) is 26.3 Å². The number of hydrogen-bond acceptors (Lipinski definition) is 2. The summed E-state index contributed by atoms with van der Waals surface area (Å²) in [5, 5.41) is 0. The lowest BCUT2D eigenvalue weighted by molar-refractivity contribution is -0.427. The second kappa shape index (κ2) is 7.85. The third kappa shape index (κ3) is 3.51. The van der Waals surface area contributed by atoms with Crippen LogP contribution in [0.15, 0.2) is 0 Å². The average Bonchev–Trinajstić information content (AvgIpc) is 3.45. The molecule has 0 aromatic carbocycles. The summed E-state index contributed by atoms with van der Waals surface area (Å²) in [5.41, 5.74) is -7.49. The third-order valence-corrected chi connectivity index (χ3v) is 9.48. The molecule has 202 valence electrons. The Morgan fingerprint density at radius 3 is 1.77 bits per heavy atom. The summed E-state index contributed by atoms with van der Waals surface area (Å²) in [6.45, 7) is 2.76. The molecule has 4 aliphatic carbocycles. The maximum Gasteiger partial charge on any atom is 0.438 e. The van der Waals surface area contributed by atoms with Crippen LogP contribution in [0.4, 0.5) is 48.3 Å². The van der Waals surface area contributed by atoms with Crippen molar-refractivity contribution < 1.29 is 57.8 Å². The number of esters is 1. The molecule has 0 heterocycles. The van der Waals surface area contributed by atoms with E-state index < -0.39 is 54.8 Å². The minimum Gasteiger partial charge on any atom is -0.465 e. The van der Waals surface area contributed by atoms with Crippen molar-refractivity contribution in [3.8, 4) is 0 Å². The van der Waals surface area contributed by atoms with Gasteiger partial charge >= 0.3 is 35.8 Å². The molecular weight excluding hydrogens is 505 g/mol. The van der Waals surface area contributed by atoms with E-state index in [1.54, 1.807) is 0 Å². The van der Waals surface area contributed by atoms with Gasteiger partial charge in [-0.3, -0.25) is 4.79 Å². The van der Waals surface area contributed by atoms with Crippen molar-refractivity contribution in [1.82, 2.24) is 0 Å². The summed E-state index contributed by atoms with van der Waals surface area (Å²) in [7, 11) is 0. The van der Waals surface area contributed by atoms with Crippen LogP contribution in [0.5, 0.6) is 0 Å². The van der Waals surface area contributed by atoms with Gasteiger partial charge in [-0.2, -0.15) is 43.9 Å². The van der Waals surface area contributed by atoms with Crippen molar-refractivity contribution in [3.05, 3.63) is 0 Å². The predicted molar refractivity (Wildman–Crippen MR) is 98.0 cm³/mol. The van der Waals surface area contributed by atoms with E-state index in [9.17, 15) is 53.1 Å². The van der Waals surface area contributed by atoms with Gasteiger partial charge in [0.2, 0.25) is 0 Å². The molecule has 0 N–H and O–H groups in total. The highest BCUT2D eigenvalue weighted by Crippen LogP contribution is 2.71. The van der Waals surface area contributed by atoms with Gasteiger partial charge in [-0.1, -0.05) is 13.8 Å². The maximum atomic E-state index is 13.9. The van der Waals surface area contributed by atoms with E-state index in [1.165, 1.54) is 0 Å². The maximum absolute atomic E-state index is 13.9. The molecule has 35 heavy (non-hydrogen) atoms. The largest absolute Gasteiger partial charge is 0.465 e. The number of halogens is 11. The minimum atomic E-state index is -7.49. The second-order valence-corrected chi connectivity index (χ2v) is 10.8. The number of hydrogen-bond donors (Lipinski definition) is 0. The van der Waals surface area contributed by atoms with Crippen molar-refractivity contribution in [3.63, 3.8) is 0 Å². The summed E-state index contributed by atoms with van der Waals surface area (Å²) >= 11 is 0. The zero-order valence-electron chi connectivity index (χ0n) is 18.7. The number of carbonyl (C=O) groups excluding carboxylic acids is 1. The molecule has 0 aromatic rings. The summed E-state index contributed by atoms with van der Waals surface area (Å²) in [6.07, 6.45) is -15.0. The molecular formula is C22H25F11O2.